The maximum atomic E-state index is 12.1. The summed E-state index contributed by atoms with van der Waals surface area (Å²) in [6, 6.07) is 7.29. The number of rotatable bonds is 1. The summed E-state index contributed by atoms with van der Waals surface area (Å²) in [4.78, 5) is 13.9. The highest BCUT2D eigenvalue weighted by atomic mass is 16.6. The molecule has 0 aromatic heterocycles. The minimum atomic E-state index is -0.463. The first-order valence-electron chi connectivity index (χ1n) is 7.12. The van der Waals surface area contributed by atoms with Gasteiger partial charge in [0.25, 0.3) is 0 Å². The highest BCUT2D eigenvalue weighted by molar-refractivity contribution is 5.68. The largest absolute Gasteiger partial charge is 0.508 e. The monoisotopic (exact) mass is 277 g/mol. The van der Waals surface area contributed by atoms with Crippen molar-refractivity contribution in [3.63, 3.8) is 0 Å². The van der Waals surface area contributed by atoms with Crippen molar-refractivity contribution in [2.24, 2.45) is 0 Å². The maximum Gasteiger partial charge on any atom is 0.410 e. The number of hydrogen-bond donors (Lipinski definition) is 1. The van der Waals surface area contributed by atoms with Crippen LogP contribution in [-0.2, 0) is 4.74 Å². The van der Waals surface area contributed by atoms with Gasteiger partial charge in [-0.25, -0.2) is 4.79 Å². The lowest BCUT2D eigenvalue weighted by Gasteiger charge is -2.34. The van der Waals surface area contributed by atoms with Crippen molar-refractivity contribution in [2.75, 3.05) is 13.1 Å². The molecule has 0 unspecified atom stereocenters. The van der Waals surface area contributed by atoms with Gasteiger partial charge in [-0.15, -0.1) is 0 Å². The van der Waals surface area contributed by atoms with E-state index in [1.807, 2.05) is 32.9 Å². The van der Waals surface area contributed by atoms with Gasteiger partial charge in [0.1, 0.15) is 11.4 Å². The van der Waals surface area contributed by atoms with E-state index in [1.165, 1.54) is 0 Å². The number of benzene rings is 1. The number of likely N-dealkylation sites (tertiary alicyclic amines) is 1. The number of piperidine rings is 1. The molecule has 110 valence electrons. The number of hydrogen-bond acceptors (Lipinski definition) is 3. The van der Waals surface area contributed by atoms with Crippen LogP contribution in [0.1, 0.15) is 45.1 Å². The Balaban J connectivity index is 2.03. The third kappa shape index (κ3) is 3.89. The van der Waals surface area contributed by atoms with Crippen molar-refractivity contribution in [3.05, 3.63) is 29.8 Å². The molecule has 0 aliphatic carbocycles. The lowest BCUT2D eigenvalue weighted by molar-refractivity contribution is 0.0198. The molecule has 0 radical (unpaired) electrons. The van der Waals surface area contributed by atoms with Gasteiger partial charge in [0.05, 0.1) is 0 Å². The van der Waals surface area contributed by atoms with Crippen LogP contribution in [0.25, 0.3) is 0 Å². The molecule has 1 aliphatic heterocycles. The van der Waals surface area contributed by atoms with Gasteiger partial charge in [0.2, 0.25) is 0 Å². The van der Waals surface area contributed by atoms with Crippen LogP contribution in [0.3, 0.4) is 0 Å². The van der Waals surface area contributed by atoms with Crippen molar-refractivity contribution >= 4 is 6.09 Å². The van der Waals surface area contributed by atoms with E-state index in [2.05, 4.69) is 0 Å². The normalized spacial score (nSPS) is 19.8. The predicted octanol–water partition coefficient (Wildman–Crippen LogP) is 3.51. The number of phenols is 1. The Bertz CT molecular complexity index is 479. The number of aromatic hydroxyl groups is 1. The molecule has 1 N–H and O–H groups in total. The van der Waals surface area contributed by atoms with Gasteiger partial charge in [-0.1, -0.05) is 12.1 Å². The van der Waals surface area contributed by atoms with Gasteiger partial charge in [0.15, 0.2) is 0 Å². The third-order valence-electron chi connectivity index (χ3n) is 3.41. The molecule has 1 aromatic carbocycles. The summed E-state index contributed by atoms with van der Waals surface area (Å²) in [7, 11) is 0. The quantitative estimate of drug-likeness (QED) is 0.854. The first-order valence-corrected chi connectivity index (χ1v) is 7.12. The number of ether oxygens (including phenoxy) is 1. The Labute approximate surface area is 120 Å². The van der Waals surface area contributed by atoms with Crippen LogP contribution in [0, 0.1) is 0 Å². The van der Waals surface area contributed by atoms with Crippen LogP contribution >= 0.6 is 0 Å². The minimum Gasteiger partial charge on any atom is -0.508 e. The fourth-order valence-corrected chi connectivity index (χ4v) is 2.52. The van der Waals surface area contributed by atoms with Gasteiger partial charge >= 0.3 is 6.09 Å². The molecule has 1 atom stereocenters. The van der Waals surface area contributed by atoms with Gasteiger partial charge in [-0.05, 0) is 51.3 Å². The molecule has 4 heteroatoms. The van der Waals surface area contributed by atoms with E-state index >= 15 is 0 Å². The summed E-state index contributed by atoms with van der Waals surface area (Å²) in [5, 5.41) is 9.57. The molecular weight excluding hydrogens is 254 g/mol. The second-order valence-corrected chi connectivity index (χ2v) is 6.36. The number of carbonyl (C=O) groups excluding carboxylic acids is 1. The summed E-state index contributed by atoms with van der Waals surface area (Å²) >= 11 is 0. The fourth-order valence-electron chi connectivity index (χ4n) is 2.52. The summed E-state index contributed by atoms with van der Waals surface area (Å²) in [5.41, 5.74) is 0.618. The van der Waals surface area contributed by atoms with Gasteiger partial charge < -0.3 is 14.7 Å². The van der Waals surface area contributed by atoms with Crippen molar-refractivity contribution < 1.29 is 14.6 Å². The Hall–Kier alpha value is -1.71. The molecule has 2 rings (SSSR count). The van der Waals surface area contributed by atoms with Crippen molar-refractivity contribution in [3.8, 4) is 5.75 Å². The number of phenolic OH excluding ortho intramolecular Hbond substituents is 1. The lowest BCUT2D eigenvalue weighted by Crippen LogP contribution is -2.42. The zero-order valence-corrected chi connectivity index (χ0v) is 12.4. The van der Waals surface area contributed by atoms with E-state index in [9.17, 15) is 9.90 Å². The smallest absolute Gasteiger partial charge is 0.410 e. The molecule has 1 heterocycles. The first-order chi connectivity index (χ1) is 9.35. The molecular formula is C16H23NO3. The van der Waals surface area contributed by atoms with E-state index in [0.29, 0.717) is 6.54 Å². The predicted molar refractivity (Wildman–Crippen MR) is 77.9 cm³/mol. The van der Waals surface area contributed by atoms with Crippen molar-refractivity contribution in [1.82, 2.24) is 4.90 Å². The Kier molecular flexibility index (Phi) is 4.21. The molecule has 0 bridgehead atoms. The fraction of sp³-hybridized carbons (Fsp3) is 0.562. The van der Waals surface area contributed by atoms with Crippen LogP contribution in [0.15, 0.2) is 24.3 Å². The standard InChI is InChI=1S/C16H23NO3/c1-16(2,3)20-15(19)17-9-5-7-13(11-17)12-6-4-8-14(18)10-12/h4,6,8,10,13,18H,5,7,9,11H2,1-3H3/t13-/m0/s1. The molecule has 4 nitrogen and oxygen atoms in total. The third-order valence-corrected chi connectivity index (χ3v) is 3.41. The summed E-state index contributed by atoms with van der Waals surface area (Å²) < 4.78 is 5.42. The van der Waals surface area contributed by atoms with Gasteiger partial charge in [0, 0.05) is 19.0 Å². The van der Waals surface area contributed by atoms with Gasteiger partial charge in [-0.3, -0.25) is 0 Å². The summed E-state index contributed by atoms with van der Waals surface area (Å²) in [6.07, 6.45) is 1.74. The lowest BCUT2D eigenvalue weighted by atomic mass is 9.91. The zero-order chi connectivity index (χ0) is 14.8. The van der Waals surface area contributed by atoms with E-state index < -0.39 is 5.60 Å². The van der Waals surface area contributed by atoms with Gasteiger partial charge in [-0.2, -0.15) is 0 Å². The number of carbonyl (C=O) groups is 1. The number of nitrogens with zero attached hydrogens (tertiary/aromatic N) is 1. The van der Waals surface area contributed by atoms with Crippen LogP contribution in [0.2, 0.25) is 0 Å². The minimum absolute atomic E-state index is 0.248. The summed E-state index contributed by atoms with van der Waals surface area (Å²) in [5.74, 6) is 0.542. The van der Waals surface area contributed by atoms with Crippen molar-refractivity contribution in [1.29, 1.82) is 0 Å². The maximum absolute atomic E-state index is 12.1. The van der Waals surface area contributed by atoms with Crippen LogP contribution in [-0.4, -0.2) is 34.8 Å². The van der Waals surface area contributed by atoms with E-state index in [1.54, 1.807) is 17.0 Å². The molecule has 1 saturated heterocycles. The summed E-state index contributed by atoms with van der Waals surface area (Å²) in [6.45, 7) is 7.02. The van der Waals surface area contributed by atoms with E-state index in [-0.39, 0.29) is 17.8 Å². The average Bonchev–Trinajstić information content (AvgIpc) is 2.37. The van der Waals surface area contributed by atoms with E-state index in [4.69, 9.17) is 4.74 Å². The van der Waals surface area contributed by atoms with E-state index in [0.717, 1.165) is 24.9 Å². The molecule has 1 fully saturated rings. The average molecular weight is 277 g/mol. The van der Waals surface area contributed by atoms with Crippen LogP contribution < -0.4 is 0 Å². The molecule has 1 aromatic rings. The molecule has 20 heavy (non-hydrogen) atoms. The Morgan fingerprint density at radius 2 is 2.15 bits per heavy atom. The zero-order valence-electron chi connectivity index (χ0n) is 12.4. The SMILES string of the molecule is CC(C)(C)OC(=O)N1CCC[C@H](c2cccc(O)c2)C1. The second-order valence-electron chi connectivity index (χ2n) is 6.36. The number of amides is 1. The molecule has 1 amide bonds. The Morgan fingerprint density at radius 1 is 1.40 bits per heavy atom. The Morgan fingerprint density at radius 3 is 2.80 bits per heavy atom. The molecule has 1 aliphatic rings. The molecule has 0 spiro atoms. The highest BCUT2D eigenvalue weighted by Crippen LogP contribution is 2.29. The van der Waals surface area contributed by atoms with Crippen LogP contribution in [0.5, 0.6) is 5.75 Å². The topological polar surface area (TPSA) is 49.8 Å². The first kappa shape index (κ1) is 14.7. The molecule has 0 saturated carbocycles. The van der Waals surface area contributed by atoms with Crippen LogP contribution in [0.4, 0.5) is 4.79 Å². The second kappa shape index (κ2) is 5.73. The van der Waals surface area contributed by atoms with Crippen molar-refractivity contribution in [2.45, 2.75) is 45.1 Å². The highest BCUT2D eigenvalue weighted by Gasteiger charge is 2.28.